The van der Waals surface area contributed by atoms with Crippen LogP contribution in [-0.2, 0) is 17.5 Å². The van der Waals surface area contributed by atoms with Gasteiger partial charge in [0.25, 0.3) is 0 Å². The first-order valence-corrected chi connectivity index (χ1v) is 9.90. The minimum Gasteiger partial charge on any atom is -0.378 e. The van der Waals surface area contributed by atoms with Crippen molar-refractivity contribution in [1.82, 2.24) is 9.97 Å². The number of morpholine rings is 1. The predicted octanol–water partition coefficient (Wildman–Crippen LogP) is 4.69. The molecule has 1 saturated heterocycles. The van der Waals surface area contributed by atoms with Crippen molar-refractivity contribution in [3.05, 3.63) is 71.9 Å². The highest BCUT2D eigenvalue weighted by atomic mass is 19.4. The van der Waals surface area contributed by atoms with E-state index in [-0.39, 0.29) is 6.54 Å². The first-order chi connectivity index (χ1) is 15.0. The number of anilines is 4. The molecule has 2 N–H and O–H groups in total. The van der Waals surface area contributed by atoms with Gasteiger partial charge < -0.3 is 20.3 Å². The maximum Gasteiger partial charge on any atom is 0.416 e. The van der Waals surface area contributed by atoms with Gasteiger partial charge in [0.05, 0.1) is 18.8 Å². The zero-order chi connectivity index (χ0) is 21.7. The van der Waals surface area contributed by atoms with Crippen molar-refractivity contribution in [3.63, 3.8) is 0 Å². The second-order valence-electron chi connectivity index (χ2n) is 7.09. The summed E-state index contributed by atoms with van der Waals surface area (Å²) >= 11 is 0. The lowest BCUT2D eigenvalue weighted by Crippen LogP contribution is -2.36. The smallest absolute Gasteiger partial charge is 0.378 e. The zero-order valence-electron chi connectivity index (χ0n) is 16.7. The van der Waals surface area contributed by atoms with Crippen LogP contribution >= 0.6 is 0 Å². The van der Waals surface area contributed by atoms with Crippen molar-refractivity contribution >= 4 is 23.1 Å². The molecule has 0 bridgehead atoms. The third-order valence-corrected chi connectivity index (χ3v) is 4.88. The van der Waals surface area contributed by atoms with Crippen LogP contribution in [-0.4, -0.2) is 36.3 Å². The number of rotatable bonds is 6. The third-order valence-electron chi connectivity index (χ3n) is 4.88. The number of hydrogen-bond acceptors (Lipinski definition) is 6. The minimum atomic E-state index is -4.36. The van der Waals surface area contributed by atoms with Gasteiger partial charge in [0.1, 0.15) is 5.82 Å². The molecule has 0 spiro atoms. The zero-order valence-corrected chi connectivity index (χ0v) is 16.7. The Kier molecular flexibility index (Phi) is 6.22. The summed E-state index contributed by atoms with van der Waals surface area (Å²) in [6, 6.07) is 14.9. The number of nitrogens with zero attached hydrogens (tertiary/aromatic N) is 3. The average molecular weight is 429 g/mol. The molecule has 9 heteroatoms. The molecule has 1 aliphatic rings. The fourth-order valence-corrected chi connectivity index (χ4v) is 3.27. The maximum absolute atomic E-state index is 12.9. The van der Waals surface area contributed by atoms with Crippen LogP contribution in [0.1, 0.15) is 11.1 Å². The van der Waals surface area contributed by atoms with Crippen LogP contribution in [0.25, 0.3) is 0 Å². The van der Waals surface area contributed by atoms with Crippen molar-refractivity contribution in [2.45, 2.75) is 12.7 Å². The van der Waals surface area contributed by atoms with Crippen molar-refractivity contribution < 1.29 is 17.9 Å². The molecule has 0 aliphatic carbocycles. The van der Waals surface area contributed by atoms with Crippen LogP contribution in [0.4, 0.5) is 36.3 Å². The highest BCUT2D eigenvalue weighted by molar-refractivity contribution is 5.60. The molecule has 0 atom stereocenters. The van der Waals surface area contributed by atoms with Gasteiger partial charge in [-0.1, -0.05) is 12.1 Å². The SMILES string of the molecule is FC(F)(F)c1cccc(CNc2ccnc(Nc3ccc(N4CCOCC4)cc3)n2)c1. The number of alkyl halides is 3. The van der Waals surface area contributed by atoms with Gasteiger partial charge in [0.2, 0.25) is 5.95 Å². The van der Waals surface area contributed by atoms with Crippen molar-refractivity contribution in [3.8, 4) is 0 Å². The van der Waals surface area contributed by atoms with Crippen LogP contribution in [0, 0.1) is 0 Å². The number of hydrogen-bond donors (Lipinski definition) is 2. The Balaban J connectivity index is 1.37. The summed E-state index contributed by atoms with van der Waals surface area (Å²) in [6.45, 7) is 3.42. The second kappa shape index (κ2) is 9.22. The van der Waals surface area contributed by atoms with Crippen LogP contribution in [0.15, 0.2) is 60.8 Å². The molecule has 2 heterocycles. The summed E-state index contributed by atoms with van der Waals surface area (Å²) in [5.74, 6) is 0.910. The van der Waals surface area contributed by atoms with E-state index in [1.807, 2.05) is 24.3 Å². The fraction of sp³-hybridized carbons (Fsp3) is 0.273. The summed E-state index contributed by atoms with van der Waals surface area (Å²) in [5, 5.41) is 6.19. The van der Waals surface area contributed by atoms with E-state index in [9.17, 15) is 13.2 Å². The Morgan fingerprint density at radius 1 is 1.00 bits per heavy atom. The lowest BCUT2D eigenvalue weighted by Gasteiger charge is -2.28. The number of halogens is 3. The molecule has 1 aromatic heterocycles. The summed E-state index contributed by atoms with van der Waals surface area (Å²) in [7, 11) is 0. The maximum atomic E-state index is 12.9. The molecule has 3 aromatic rings. The van der Waals surface area contributed by atoms with Gasteiger partial charge in [-0.05, 0) is 48.0 Å². The summed E-state index contributed by atoms with van der Waals surface area (Å²) in [6.07, 6.45) is -2.77. The average Bonchev–Trinajstić information content (AvgIpc) is 2.79. The van der Waals surface area contributed by atoms with Gasteiger partial charge in [-0.3, -0.25) is 0 Å². The summed E-state index contributed by atoms with van der Waals surface area (Å²) < 4.78 is 44.0. The molecule has 0 unspecified atom stereocenters. The highest BCUT2D eigenvalue weighted by Gasteiger charge is 2.30. The van der Waals surface area contributed by atoms with E-state index in [1.54, 1.807) is 18.3 Å². The highest BCUT2D eigenvalue weighted by Crippen LogP contribution is 2.29. The van der Waals surface area contributed by atoms with Gasteiger partial charge in [0, 0.05) is 37.2 Å². The quantitative estimate of drug-likeness (QED) is 0.593. The Bertz CT molecular complexity index is 1000. The van der Waals surface area contributed by atoms with E-state index in [0.29, 0.717) is 17.3 Å². The van der Waals surface area contributed by atoms with Gasteiger partial charge in [0.15, 0.2) is 0 Å². The lowest BCUT2D eigenvalue weighted by molar-refractivity contribution is -0.137. The molecule has 0 radical (unpaired) electrons. The third kappa shape index (κ3) is 5.64. The summed E-state index contributed by atoms with van der Waals surface area (Å²) in [5.41, 5.74) is 1.82. The molecule has 0 amide bonds. The van der Waals surface area contributed by atoms with Crippen LogP contribution in [0.3, 0.4) is 0 Å². The van der Waals surface area contributed by atoms with E-state index in [4.69, 9.17) is 4.74 Å². The number of ether oxygens (including phenoxy) is 1. The van der Waals surface area contributed by atoms with E-state index in [2.05, 4.69) is 25.5 Å². The number of nitrogens with one attached hydrogen (secondary N) is 2. The molecule has 162 valence electrons. The largest absolute Gasteiger partial charge is 0.416 e. The van der Waals surface area contributed by atoms with Gasteiger partial charge in [-0.15, -0.1) is 0 Å². The molecule has 1 fully saturated rings. The number of benzene rings is 2. The van der Waals surface area contributed by atoms with Gasteiger partial charge in [-0.2, -0.15) is 18.2 Å². The molecule has 31 heavy (non-hydrogen) atoms. The van der Waals surface area contributed by atoms with Crippen LogP contribution in [0.5, 0.6) is 0 Å². The molecule has 4 rings (SSSR count). The first-order valence-electron chi connectivity index (χ1n) is 9.90. The van der Waals surface area contributed by atoms with E-state index in [0.717, 1.165) is 49.8 Å². The fourth-order valence-electron chi connectivity index (χ4n) is 3.27. The molecule has 0 saturated carbocycles. The Morgan fingerprint density at radius 2 is 1.77 bits per heavy atom. The van der Waals surface area contributed by atoms with Gasteiger partial charge >= 0.3 is 6.18 Å². The molecular weight excluding hydrogens is 407 g/mol. The topological polar surface area (TPSA) is 62.3 Å². The van der Waals surface area contributed by atoms with Crippen molar-refractivity contribution in [2.24, 2.45) is 0 Å². The second-order valence-corrected chi connectivity index (χ2v) is 7.09. The Hall–Kier alpha value is -3.33. The minimum absolute atomic E-state index is 0.217. The monoisotopic (exact) mass is 429 g/mol. The lowest BCUT2D eigenvalue weighted by atomic mass is 10.1. The van der Waals surface area contributed by atoms with E-state index in [1.165, 1.54) is 6.07 Å². The van der Waals surface area contributed by atoms with Crippen LogP contribution < -0.4 is 15.5 Å². The van der Waals surface area contributed by atoms with Crippen LogP contribution in [0.2, 0.25) is 0 Å². The first kappa shape index (κ1) is 20.9. The Morgan fingerprint density at radius 3 is 2.52 bits per heavy atom. The molecular formula is C22H22F3N5O. The van der Waals surface area contributed by atoms with E-state index >= 15 is 0 Å². The summed E-state index contributed by atoms with van der Waals surface area (Å²) in [4.78, 5) is 10.9. The standard InChI is InChI=1S/C22H22F3N5O/c23-22(24,25)17-3-1-2-16(14-17)15-27-20-8-9-26-21(29-20)28-18-4-6-19(7-5-18)30-10-12-31-13-11-30/h1-9,14H,10-13,15H2,(H2,26,27,28,29). The normalized spacial score (nSPS) is 14.4. The molecule has 6 nitrogen and oxygen atoms in total. The molecule has 1 aliphatic heterocycles. The Labute approximate surface area is 178 Å². The van der Waals surface area contributed by atoms with Crippen molar-refractivity contribution in [1.29, 1.82) is 0 Å². The van der Waals surface area contributed by atoms with E-state index < -0.39 is 11.7 Å². The van der Waals surface area contributed by atoms with Crippen molar-refractivity contribution in [2.75, 3.05) is 41.8 Å². The molecule has 2 aromatic carbocycles. The van der Waals surface area contributed by atoms with Gasteiger partial charge in [-0.25, -0.2) is 4.98 Å². The predicted molar refractivity (Wildman–Crippen MR) is 114 cm³/mol. The number of aromatic nitrogens is 2.